The first kappa shape index (κ1) is 13.2. The van der Waals surface area contributed by atoms with Crippen LogP contribution in [-0.4, -0.2) is 11.9 Å². The Morgan fingerprint density at radius 3 is 2.86 bits per heavy atom. The summed E-state index contributed by atoms with van der Waals surface area (Å²) >= 11 is 1.98. The van der Waals surface area contributed by atoms with Gasteiger partial charge in [0, 0.05) is 27.7 Å². The quantitative estimate of drug-likeness (QED) is 0.917. The molecule has 4 rings (SSSR count). The fraction of sp³-hybridized carbons (Fsp3) is 0.333. The Balaban J connectivity index is 1.59. The topological polar surface area (TPSA) is 35.2 Å². The molecule has 0 bridgehead atoms. The maximum absolute atomic E-state index is 6.79. The van der Waals surface area contributed by atoms with Crippen molar-refractivity contribution >= 4 is 11.8 Å². The Kier molecular flexibility index (Phi) is 3.20. The number of hydrogen-bond acceptors (Lipinski definition) is 3. The Morgan fingerprint density at radius 2 is 1.95 bits per heavy atom. The molecule has 0 aliphatic carbocycles. The van der Waals surface area contributed by atoms with E-state index in [0.717, 1.165) is 31.6 Å². The van der Waals surface area contributed by atoms with Crippen molar-refractivity contribution in [2.45, 2.75) is 34.9 Å². The van der Waals surface area contributed by atoms with Gasteiger partial charge in [-0.15, -0.1) is 11.8 Å². The highest BCUT2D eigenvalue weighted by Gasteiger charge is 2.37. The van der Waals surface area contributed by atoms with E-state index in [0.29, 0.717) is 5.25 Å². The van der Waals surface area contributed by atoms with E-state index >= 15 is 0 Å². The second kappa shape index (κ2) is 5.08. The minimum absolute atomic E-state index is 0.255. The molecule has 0 spiro atoms. The van der Waals surface area contributed by atoms with Crippen LogP contribution in [0.3, 0.4) is 0 Å². The average Bonchev–Trinajstić information content (AvgIpc) is 2.89. The van der Waals surface area contributed by atoms with E-state index < -0.39 is 0 Å². The maximum Gasteiger partial charge on any atom is 0.124 e. The zero-order chi connectivity index (χ0) is 14.3. The molecule has 2 aliphatic heterocycles. The largest absolute Gasteiger partial charge is 0.493 e. The predicted molar refractivity (Wildman–Crippen MR) is 86.8 cm³/mol. The lowest BCUT2D eigenvalue weighted by Crippen LogP contribution is -2.43. The van der Waals surface area contributed by atoms with Gasteiger partial charge in [-0.3, -0.25) is 0 Å². The first-order chi connectivity index (χ1) is 10.2. The maximum atomic E-state index is 6.79. The van der Waals surface area contributed by atoms with Gasteiger partial charge in [-0.25, -0.2) is 0 Å². The molecule has 0 saturated heterocycles. The molecule has 2 unspecified atom stereocenters. The van der Waals surface area contributed by atoms with Crippen LogP contribution in [0.5, 0.6) is 5.75 Å². The summed E-state index contributed by atoms with van der Waals surface area (Å²) in [4.78, 5) is 1.42. The van der Waals surface area contributed by atoms with Crippen LogP contribution in [0.2, 0.25) is 0 Å². The second-order valence-electron chi connectivity index (χ2n) is 6.01. The number of rotatable bonds is 2. The molecule has 2 N–H and O–H groups in total. The van der Waals surface area contributed by atoms with Crippen LogP contribution in [-0.2, 0) is 12.0 Å². The summed E-state index contributed by atoms with van der Waals surface area (Å²) in [6.07, 6.45) is 3.03. The van der Waals surface area contributed by atoms with Gasteiger partial charge in [0.15, 0.2) is 0 Å². The second-order valence-corrected chi connectivity index (χ2v) is 7.35. The van der Waals surface area contributed by atoms with Crippen molar-refractivity contribution in [3.05, 3.63) is 59.7 Å². The summed E-state index contributed by atoms with van der Waals surface area (Å²) in [6, 6.07) is 17.0. The number of thioether (sulfide) groups is 1. The SMILES string of the molecule is NC1(CC2Cc3ccccc3S2)CCOc2ccccc21. The van der Waals surface area contributed by atoms with Gasteiger partial charge in [-0.1, -0.05) is 36.4 Å². The lowest BCUT2D eigenvalue weighted by atomic mass is 9.81. The number of benzene rings is 2. The number of hydrogen-bond donors (Lipinski definition) is 1. The Hall–Kier alpha value is -1.45. The number of nitrogens with two attached hydrogens (primary N) is 1. The summed E-state index contributed by atoms with van der Waals surface area (Å²) in [5, 5.41) is 0.568. The monoisotopic (exact) mass is 297 g/mol. The van der Waals surface area contributed by atoms with Crippen molar-refractivity contribution in [2.24, 2.45) is 5.73 Å². The highest BCUT2D eigenvalue weighted by atomic mass is 32.2. The third-order valence-electron chi connectivity index (χ3n) is 4.53. The smallest absolute Gasteiger partial charge is 0.124 e. The van der Waals surface area contributed by atoms with E-state index in [2.05, 4.69) is 36.4 Å². The first-order valence-electron chi connectivity index (χ1n) is 7.50. The van der Waals surface area contributed by atoms with E-state index in [4.69, 9.17) is 10.5 Å². The molecule has 21 heavy (non-hydrogen) atoms. The Bertz CT molecular complexity index is 647. The third kappa shape index (κ3) is 2.34. The molecule has 2 aromatic rings. The molecular weight excluding hydrogens is 278 g/mol. The zero-order valence-electron chi connectivity index (χ0n) is 11.9. The van der Waals surface area contributed by atoms with Gasteiger partial charge < -0.3 is 10.5 Å². The van der Waals surface area contributed by atoms with Crippen molar-refractivity contribution < 1.29 is 4.74 Å². The zero-order valence-corrected chi connectivity index (χ0v) is 12.7. The van der Waals surface area contributed by atoms with Crippen molar-refractivity contribution in [2.75, 3.05) is 6.61 Å². The number of fused-ring (bicyclic) bond motifs is 2. The van der Waals surface area contributed by atoms with Crippen molar-refractivity contribution in [3.63, 3.8) is 0 Å². The minimum Gasteiger partial charge on any atom is -0.493 e. The van der Waals surface area contributed by atoms with Crippen LogP contribution in [0.25, 0.3) is 0 Å². The normalized spacial score (nSPS) is 26.8. The van der Waals surface area contributed by atoms with E-state index in [1.165, 1.54) is 16.0 Å². The van der Waals surface area contributed by atoms with E-state index in [1.54, 1.807) is 0 Å². The summed E-state index contributed by atoms with van der Waals surface area (Å²) in [6.45, 7) is 0.720. The summed E-state index contributed by atoms with van der Waals surface area (Å²) in [5.74, 6) is 0.965. The van der Waals surface area contributed by atoms with Crippen LogP contribution in [0, 0.1) is 0 Å². The molecule has 2 aliphatic rings. The summed E-state index contributed by atoms with van der Waals surface area (Å²) < 4.78 is 5.76. The van der Waals surface area contributed by atoms with Gasteiger partial charge in [0.05, 0.1) is 6.61 Å². The van der Waals surface area contributed by atoms with Crippen molar-refractivity contribution in [1.82, 2.24) is 0 Å². The lowest BCUT2D eigenvalue weighted by Gasteiger charge is -2.37. The molecule has 0 fully saturated rings. The molecule has 2 aromatic carbocycles. The fourth-order valence-electron chi connectivity index (χ4n) is 3.47. The highest BCUT2D eigenvalue weighted by Crippen LogP contribution is 2.45. The van der Waals surface area contributed by atoms with Gasteiger partial charge in [0.25, 0.3) is 0 Å². The van der Waals surface area contributed by atoms with Crippen LogP contribution in [0.15, 0.2) is 53.4 Å². The van der Waals surface area contributed by atoms with Gasteiger partial charge >= 0.3 is 0 Å². The molecular formula is C18H19NOS. The number of para-hydroxylation sites is 1. The molecule has 2 nitrogen and oxygen atoms in total. The highest BCUT2D eigenvalue weighted by molar-refractivity contribution is 8.00. The molecule has 2 heterocycles. The molecule has 0 amide bonds. The Labute approximate surface area is 129 Å². The fourth-order valence-corrected chi connectivity index (χ4v) is 4.93. The molecule has 0 radical (unpaired) electrons. The van der Waals surface area contributed by atoms with Gasteiger partial charge in [-0.05, 0) is 30.5 Å². The molecule has 0 saturated carbocycles. The van der Waals surface area contributed by atoms with Crippen LogP contribution in [0.4, 0.5) is 0 Å². The van der Waals surface area contributed by atoms with E-state index in [-0.39, 0.29) is 5.54 Å². The summed E-state index contributed by atoms with van der Waals surface area (Å²) in [7, 11) is 0. The number of ether oxygens (including phenoxy) is 1. The molecule has 3 heteroatoms. The van der Waals surface area contributed by atoms with Gasteiger partial charge in [-0.2, -0.15) is 0 Å². The van der Waals surface area contributed by atoms with Crippen LogP contribution in [0.1, 0.15) is 24.0 Å². The molecule has 0 aromatic heterocycles. The molecule has 108 valence electrons. The van der Waals surface area contributed by atoms with Crippen molar-refractivity contribution in [3.8, 4) is 5.75 Å². The van der Waals surface area contributed by atoms with E-state index in [9.17, 15) is 0 Å². The molecule has 2 atom stereocenters. The first-order valence-corrected chi connectivity index (χ1v) is 8.38. The average molecular weight is 297 g/mol. The van der Waals surface area contributed by atoms with Crippen LogP contribution < -0.4 is 10.5 Å². The van der Waals surface area contributed by atoms with Crippen LogP contribution >= 0.6 is 11.8 Å². The van der Waals surface area contributed by atoms with Gasteiger partial charge in [0.1, 0.15) is 5.75 Å². The van der Waals surface area contributed by atoms with Gasteiger partial charge in [0.2, 0.25) is 0 Å². The standard InChI is InChI=1S/C18H19NOS/c19-18(9-10-20-16-7-3-2-6-15(16)18)12-14-11-13-5-1-4-8-17(13)21-14/h1-8,14H,9-12,19H2. The summed E-state index contributed by atoms with van der Waals surface area (Å²) in [5.41, 5.74) is 9.18. The van der Waals surface area contributed by atoms with Crippen molar-refractivity contribution in [1.29, 1.82) is 0 Å². The van der Waals surface area contributed by atoms with E-state index in [1.807, 2.05) is 23.9 Å². The lowest BCUT2D eigenvalue weighted by molar-refractivity contribution is 0.208. The Morgan fingerprint density at radius 1 is 1.14 bits per heavy atom. The minimum atomic E-state index is -0.255. The third-order valence-corrected chi connectivity index (χ3v) is 5.85. The predicted octanol–water partition coefficient (Wildman–Crippen LogP) is 3.73.